The van der Waals surface area contributed by atoms with E-state index in [1.165, 1.54) is 18.4 Å². The van der Waals surface area contributed by atoms with Crippen LogP contribution in [0.5, 0.6) is 0 Å². The van der Waals surface area contributed by atoms with E-state index in [1.54, 1.807) is 11.1 Å². The van der Waals surface area contributed by atoms with E-state index in [9.17, 15) is 0 Å². The summed E-state index contributed by atoms with van der Waals surface area (Å²) in [6.07, 6.45) is 2.43. The normalized spacial score (nSPS) is 11.4. The number of rotatable bonds is 4. The number of aryl methyl sites for hydroxylation is 1. The predicted molar refractivity (Wildman–Crippen MR) is 68.3 cm³/mol. The molecule has 0 aliphatic heterocycles. The van der Waals surface area contributed by atoms with Crippen molar-refractivity contribution in [3.8, 4) is 0 Å². The Bertz CT molecular complexity index is 308. The second-order valence-electron chi connectivity index (χ2n) is 5.41. The molecule has 0 unspecified atom stereocenters. The topological polar surface area (TPSA) is 0 Å². The van der Waals surface area contributed by atoms with E-state index in [4.69, 9.17) is 0 Å². The molecule has 0 nitrogen and oxygen atoms in total. The first-order valence-electron chi connectivity index (χ1n) is 6.08. The smallest absolute Gasteiger partial charge is 0.0250 e. The van der Waals surface area contributed by atoms with Crippen molar-refractivity contribution in [3.63, 3.8) is 0 Å². The third-order valence-corrected chi connectivity index (χ3v) is 2.75. The highest BCUT2D eigenvalue weighted by Crippen LogP contribution is 2.21. The van der Waals surface area contributed by atoms with E-state index < -0.39 is 0 Å². The van der Waals surface area contributed by atoms with Gasteiger partial charge in [-0.15, -0.1) is 0 Å². The van der Waals surface area contributed by atoms with Gasteiger partial charge in [0.15, 0.2) is 0 Å². The zero-order chi connectivity index (χ0) is 11.4. The Balaban J connectivity index is 2.97. The summed E-state index contributed by atoms with van der Waals surface area (Å²) < 4.78 is 0. The summed E-state index contributed by atoms with van der Waals surface area (Å²) >= 11 is 0. The van der Waals surface area contributed by atoms with E-state index in [0.717, 1.165) is 11.8 Å². The van der Waals surface area contributed by atoms with Crippen molar-refractivity contribution in [2.45, 2.75) is 47.5 Å². The van der Waals surface area contributed by atoms with Gasteiger partial charge < -0.3 is 0 Å². The van der Waals surface area contributed by atoms with Crippen molar-refractivity contribution in [3.05, 3.63) is 34.9 Å². The lowest BCUT2D eigenvalue weighted by Crippen LogP contribution is -2.04. The van der Waals surface area contributed by atoms with E-state index in [0.29, 0.717) is 0 Å². The third-order valence-electron chi connectivity index (χ3n) is 2.75. The Morgan fingerprint density at radius 1 is 0.933 bits per heavy atom. The molecule has 0 heterocycles. The minimum atomic E-state index is 0.747. The molecule has 0 N–H and O–H groups in total. The van der Waals surface area contributed by atoms with Crippen molar-refractivity contribution in [1.29, 1.82) is 0 Å². The fraction of sp³-hybridized carbons (Fsp3) is 0.600. The van der Waals surface area contributed by atoms with Crippen molar-refractivity contribution < 1.29 is 0 Å². The molecule has 0 fully saturated rings. The molecule has 15 heavy (non-hydrogen) atoms. The second-order valence-corrected chi connectivity index (χ2v) is 5.41. The molecule has 0 aliphatic carbocycles. The molecule has 0 aromatic heterocycles. The van der Waals surface area contributed by atoms with Gasteiger partial charge >= 0.3 is 0 Å². The largest absolute Gasteiger partial charge is 0.0625 e. The molecule has 0 heteroatoms. The average Bonchev–Trinajstić information content (AvgIpc) is 2.09. The fourth-order valence-corrected chi connectivity index (χ4v) is 2.09. The van der Waals surface area contributed by atoms with E-state index in [-0.39, 0.29) is 0 Å². The third kappa shape index (κ3) is 3.70. The lowest BCUT2D eigenvalue weighted by atomic mass is 9.90. The van der Waals surface area contributed by atoms with Gasteiger partial charge in [-0.05, 0) is 48.3 Å². The lowest BCUT2D eigenvalue weighted by Gasteiger charge is -2.16. The van der Waals surface area contributed by atoms with Crippen LogP contribution in [0.2, 0.25) is 0 Å². The van der Waals surface area contributed by atoms with Crippen LogP contribution in [0.3, 0.4) is 0 Å². The standard InChI is InChI=1S/C15H24/c1-11(2)9-14-8-6-7-13(5)15(14)10-12(3)4/h6-8,11-12H,9-10H2,1-5H3. The van der Waals surface area contributed by atoms with Gasteiger partial charge in [0.1, 0.15) is 0 Å². The van der Waals surface area contributed by atoms with E-state index >= 15 is 0 Å². The maximum atomic E-state index is 2.30. The Morgan fingerprint density at radius 3 is 2.07 bits per heavy atom. The van der Waals surface area contributed by atoms with Gasteiger partial charge in [0.25, 0.3) is 0 Å². The first kappa shape index (κ1) is 12.3. The van der Waals surface area contributed by atoms with Gasteiger partial charge in [-0.1, -0.05) is 45.9 Å². The van der Waals surface area contributed by atoms with Crippen LogP contribution in [-0.2, 0) is 12.8 Å². The summed E-state index contributed by atoms with van der Waals surface area (Å²) in [4.78, 5) is 0. The molecule has 1 rings (SSSR count). The summed E-state index contributed by atoms with van der Waals surface area (Å²) in [6.45, 7) is 11.4. The molecule has 0 radical (unpaired) electrons. The van der Waals surface area contributed by atoms with Crippen LogP contribution in [0.15, 0.2) is 18.2 Å². The van der Waals surface area contributed by atoms with Gasteiger partial charge in [0, 0.05) is 0 Å². The second kappa shape index (κ2) is 5.34. The van der Waals surface area contributed by atoms with Gasteiger partial charge in [-0.25, -0.2) is 0 Å². The van der Waals surface area contributed by atoms with Crippen LogP contribution in [0.1, 0.15) is 44.4 Å². The fourth-order valence-electron chi connectivity index (χ4n) is 2.09. The highest BCUT2D eigenvalue weighted by atomic mass is 14.1. The first-order chi connectivity index (χ1) is 7.00. The highest BCUT2D eigenvalue weighted by Gasteiger charge is 2.08. The minimum Gasteiger partial charge on any atom is -0.0625 e. The van der Waals surface area contributed by atoms with Crippen molar-refractivity contribution in [2.24, 2.45) is 11.8 Å². The van der Waals surface area contributed by atoms with Crippen LogP contribution in [-0.4, -0.2) is 0 Å². The summed E-state index contributed by atoms with van der Waals surface area (Å²) in [6, 6.07) is 6.73. The van der Waals surface area contributed by atoms with Gasteiger partial charge in [-0.3, -0.25) is 0 Å². The van der Waals surface area contributed by atoms with E-state index in [2.05, 4.69) is 52.8 Å². The molecule has 1 aromatic rings. The Hall–Kier alpha value is -0.780. The zero-order valence-electron chi connectivity index (χ0n) is 10.8. The van der Waals surface area contributed by atoms with Crippen molar-refractivity contribution in [2.75, 3.05) is 0 Å². The number of hydrogen-bond donors (Lipinski definition) is 0. The number of hydrogen-bond acceptors (Lipinski definition) is 0. The molecule has 0 atom stereocenters. The zero-order valence-corrected chi connectivity index (χ0v) is 10.8. The SMILES string of the molecule is Cc1cccc(CC(C)C)c1CC(C)C. The highest BCUT2D eigenvalue weighted by molar-refractivity contribution is 5.35. The molecular weight excluding hydrogens is 180 g/mol. The minimum absolute atomic E-state index is 0.747. The van der Waals surface area contributed by atoms with Crippen LogP contribution in [0.4, 0.5) is 0 Å². The molecule has 0 aliphatic rings. The van der Waals surface area contributed by atoms with Gasteiger partial charge in [0.05, 0.1) is 0 Å². The quantitative estimate of drug-likeness (QED) is 0.682. The maximum Gasteiger partial charge on any atom is -0.0250 e. The molecule has 84 valence electrons. The molecule has 0 spiro atoms. The Labute approximate surface area is 94.7 Å². The molecular formula is C15H24. The molecule has 0 saturated heterocycles. The van der Waals surface area contributed by atoms with Crippen LogP contribution in [0, 0.1) is 18.8 Å². The van der Waals surface area contributed by atoms with Crippen LogP contribution in [0.25, 0.3) is 0 Å². The van der Waals surface area contributed by atoms with E-state index in [1.807, 2.05) is 0 Å². The van der Waals surface area contributed by atoms with Gasteiger partial charge in [0.2, 0.25) is 0 Å². The first-order valence-corrected chi connectivity index (χ1v) is 6.08. The average molecular weight is 204 g/mol. The molecule has 1 aromatic carbocycles. The molecule has 0 saturated carbocycles. The monoisotopic (exact) mass is 204 g/mol. The summed E-state index contributed by atoms with van der Waals surface area (Å²) in [5.74, 6) is 1.50. The van der Waals surface area contributed by atoms with Crippen molar-refractivity contribution >= 4 is 0 Å². The van der Waals surface area contributed by atoms with Crippen molar-refractivity contribution in [1.82, 2.24) is 0 Å². The number of benzene rings is 1. The summed E-state index contributed by atoms with van der Waals surface area (Å²) in [5.41, 5.74) is 4.60. The molecule has 0 amide bonds. The van der Waals surface area contributed by atoms with Gasteiger partial charge in [-0.2, -0.15) is 0 Å². The lowest BCUT2D eigenvalue weighted by molar-refractivity contribution is 0.614. The Kier molecular flexibility index (Phi) is 4.38. The summed E-state index contributed by atoms with van der Waals surface area (Å²) in [5, 5.41) is 0. The predicted octanol–water partition coefficient (Wildman–Crippen LogP) is 4.39. The van der Waals surface area contributed by atoms with Crippen LogP contribution >= 0.6 is 0 Å². The molecule has 0 bridgehead atoms. The van der Waals surface area contributed by atoms with Crippen LogP contribution < -0.4 is 0 Å². The maximum absolute atomic E-state index is 2.30. The Morgan fingerprint density at radius 2 is 1.53 bits per heavy atom. The summed E-state index contributed by atoms with van der Waals surface area (Å²) in [7, 11) is 0.